The van der Waals surface area contributed by atoms with Crippen molar-refractivity contribution in [1.82, 2.24) is 0 Å². The molecule has 3 heteroatoms. The molecule has 0 aliphatic carbocycles. The van der Waals surface area contributed by atoms with Crippen LogP contribution in [0, 0.1) is 0 Å². The first-order chi connectivity index (χ1) is 7.77. The number of hydrogen-bond donors (Lipinski definition) is 1. The van der Waals surface area contributed by atoms with Crippen molar-refractivity contribution < 1.29 is 0 Å². The van der Waals surface area contributed by atoms with Crippen LogP contribution in [0.4, 0.5) is 5.69 Å². The van der Waals surface area contributed by atoms with Gasteiger partial charge in [-0.25, -0.2) is 0 Å². The fraction of sp³-hybridized carbons (Fsp3) is 0.231. The molecule has 2 rings (SSSR count). The number of thiophene rings is 1. The Hall–Kier alpha value is -0.990. The van der Waals surface area contributed by atoms with Gasteiger partial charge in [-0.1, -0.05) is 24.3 Å². The molecule has 0 saturated heterocycles. The molecule has 1 unspecified atom stereocenters. The van der Waals surface area contributed by atoms with Gasteiger partial charge in [-0.05, 0) is 30.0 Å². The van der Waals surface area contributed by atoms with Gasteiger partial charge in [0.2, 0.25) is 0 Å². The van der Waals surface area contributed by atoms with Crippen molar-refractivity contribution in [3.8, 4) is 0 Å². The summed E-state index contributed by atoms with van der Waals surface area (Å²) in [6, 6.07) is 12.4. The molecular weight excluding hydrogens is 238 g/mol. The number of para-hydroxylation sites is 1. The minimum Gasteiger partial charge on any atom is -0.380 e. The van der Waals surface area contributed by atoms with E-state index in [-0.39, 0.29) is 5.38 Å². The van der Waals surface area contributed by atoms with Crippen molar-refractivity contribution in [1.29, 1.82) is 0 Å². The Kier molecular flexibility index (Phi) is 3.86. The maximum atomic E-state index is 6.13. The van der Waals surface area contributed by atoms with Gasteiger partial charge in [-0.2, -0.15) is 0 Å². The second-order valence-electron chi connectivity index (χ2n) is 3.64. The number of hydrogen-bond acceptors (Lipinski definition) is 2. The Morgan fingerprint density at radius 1 is 1.25 bits per heavy atom. The molecule has 0 aliphatic heterocycles. The maximum Gasteiger partial charge on any atom is 0.0577 e. The third kappa shape index (κ3) is 2.77. The van der Waals surface area contributed by atoms with Crippen LogP contribution in [-0.2, 0) is 6.54 Å². The van der Waals surface area contributed by atoms with Crippen LogP contribution >= 0.6 is 22.9 Å². The van der Waals surface area contributed by atoms with Crippen LogP contribution in [0.3, 0.4) is 0 Å². The number of anilines is 1. The predicted molar refractivity (Wildman–Crippen MR) is 72.4 cm³/mol. The third-order valence-electron chi connectivity index (χ3n) is 2.42. The monoisotopic (exact) mass is 251 g/mol. The molecule has 0 spiro atoms. The lowest BCUT2D eigenvalue weighted by Crippen LogP contribution is -2.01. The van der Waals surface area contributed by atoms with Crippen LogP contribution in [-0.4, -0.2) is 0 Å². The molecule has 0 bridgehead atoms. The summed E-state index contributed by atoms with van der Waals surface area (Å²) >= 11 is 7.89. The van der Waals surface area contributed by atoms with E-state index in [0.29, 0.717) is 0 Å². The van der Waals surface area contributed by atoms with Crippen molar-refractivity contribution in [2.24, 2.45) is 0 Å². The number of nitrogens with one attached hydrogen (secondary N) is 1. The molecule has 0 radical (unpaired) electrons. The molecular formula is C13H14ClNS. The summed E-state index contributed by atoms with van der Waals surface area (Å²) in [5.41, 5.74) is 2.28. The molecule has 2 aromatic rings. The van der Waals surface area contributed by atoms with Crippen LogP contribution in [0.25, 0.3) is 0 Å². The molecule has 16 heavy (non-hydrogen) atoms. The number of benzene rings is 1. The molecule has 0 amide bonds. The van der Waals surface area contributed by atoms with E-state index in [4.69, 9.17) is 11.6 Å². The lowest BCUT2D eigenvalue weighted by molar-refractivity contribution is 1.07. The van der Waals surface area contributed by atoms with E-state index < -0.39 is 0 Å². The van der Waals surface area contributed by atoms with Gasteiger partial charge < -0.3 is 5.32 Å². The third-order valence-corrected chi connectivity index (χ3v) is 3.53. The summed E-state index contributed by atoms with van der Waals surface area (Å²) in [6.07, 6.45) is 0. The van der Waals surface area contributed by atoms with Crippen LogP contribution < -0.4 is 5.32 Å². The van der Waals surface area contributed by atoms with Gasteiger partial charge in [0.1, 0.15) is 0 Å². The minimum atomic E-state index is 0.0343. The van der Waals surface area contributed by atoms with Gasteiger partial charge in [0.25, 0.3) is 0 Å². The first-order valence-corrected chi connectivity index (χ1v) is 6.58. The van der Waals surface area contributed by atoms with Gasteiger partial charge in [-0.3, -0.25) is 0 Å². The van der Waals surface area contributed by atoms with Crippen molar-refractivity contribution in [2.75, 3.05) is 5.32 Å². The van der Waals surface area contributed by atoms with E-state index in [1.165, 1.54) is 4.88 Å². The molecule has 1 heterocycles. The average Bonchev–Trinajstić information content (AvgIpc) is 2.79. The normalized spacial score (nSPS) is 12.4. The lowest BCUT2D eigenvalue weighted by Gasteiger charge is -2.12. The van der Waals surface area contributed by atoms with Gasteiger partial charge in [0.05, 0.1) is 5.38 Å². The fourth-order valence-corrected chi connectivity index (χ4v) is 2.44. The average molecular weight is 252 g/mol. The Bertz CT molecular complexity index is 437. The van der Waals surface area contributed by atoms with E-state index in [1.807, 2.05) is 19.1 Å². The minimum absolute atomic E-state index is 0.0343. The lowest BCUT2D eigenvalue weighted by atomic mass is 10.1. The van der Waals surface area contributed by atoms with E-state index in [1.54, 1.807) is 11.3 Å². The smallest absolute Gasteiger partial charge is 0.0577 e. The standard InChI is InChI=1S/C13H14ClNS/c1-10(14)12-6-2-3-7-13(12)15-9-11-5-4-8-16-11/h2-8,10,15H,9H2,1H3. The summed E-state index contributed by atoms with van der Waals surface area (Å²) in [7, 11) is 0. The maximum absolute atomic E-state index is 6.13. The molecule has 1 atom stereocenters. The summed E-state index contributed by atoms with van der Waals surface area (Å²) in [6.45, 7) is 2.85. The summed E-state index contributed by atoms with van der Waals surface area (Å²) in [5, 5.41) is 5.55. The van der Waals surface area contributed by atoms with Crippen molar-refractivity contribution in [3.05, 3.63) is 52.2 Å². The van der Waals surface area contributed by atoms with Crippen LogP contribution in [0.2, 0.25) is 0 Å². The molecule has 1 N–H and O–H groups in total. The summed E-state index contributed by atoms with van der Waals surface area (Å²) in [5.74, 6) is 0. The Morgan fingerprint density at radius 2 is 2.06 bits per heavy atom. The van der Waals surface area contributed by atoms with Crippen molar-refractivity contribution in [3.63, 3.8) is 0 Å². The highest BCUT2D eigenvalue weighted by atomic mass is 35.5. The predicted octanol–water partition coefficient (Wildman–Crippen LogP) is 4.66. The highest BCUT2D eigenvalue weighted by molar-refractivity contribution is 7.09. The number of alkyl halides is 1. The van der Waals surface area contributed by atoms with Crippen LogP contribution in [0.1, 0.15) is 22.7 Å². The highest BCUT2D eigenvalue weighted by Crippen LogP contribution is 2.27. The van der Waals surface area contributed by atoms with Gasteiger partial charge in [-0.15, -0.1) is 22.9 Å². The zero-order valence-corrected chi connectivity index (χ0v) is 10.7. The number of halogens is 1. The second kappa shape index (κ2) is 5.37. The Labute approximate surface area is 105 Å². The van der Waals surface area contributed by atoms with E-state index >= 15 is 0 Å². The first kappa shape index (κ1) is 11.5. The van der Waals surface area contributed by atoms with Gasteiger partial charge in [0.15, 0.2) is 0 Å². The molecule has 1 aromatic carbocycles. The van der Waals surface area contributed by atoms with E-state index in [0.717, 1.165) is 17.8 Å². The van der Waals surface area contributed by atoms with Gasteiger partial charge >= 0.3 is 0 Å². The molecule has 1 aromatic heterocycles. The van der Waals surface area contributed by atoms with E-state index in [2.05, 4.69) is 35.0 Å². The first-order valence-electron chi connectivity index (χ1n) is 5.26. The summed E-state index contributed by atoms with van der Waals surface area (Å²) in [4.78, 5) is 1.33. The molecule has 0 fully saturated rings. The quantitative estimate of drug-likeness (QED) is 0.780. The molecule has 0 aliphatic rings. The zero-order valence-electron chi connectivity index (χ0n) is 9.11. The summed E-state index contributed by atoms with van der Waals surface area (Å²) < 4.78 is 0. The SMILES string of the molecule is CC(Cl)c1ccccc1NCc1cccs1. The van der Waals surface area contributed by atoms with E-state index in [9.17, 15) is 0 Å². The van der Waals surface area contributed by atoms with Gasteiger partial charge in [0, 0.05) is 17.1 Å². The van der Waals surface area contributed by atoms with Crippen LogP contribution in [0.15, 0.2) is 41.8 Å². The molecule has 0 saturated carbocycles. The largest absolute Gasteiger partial charge is 0.380 e. The number of rotatable bonds is 4. The fourth-order valence-electron chi connectivity index (χ4n) is 1.60. The van der Waals surface area contributed by atoms with Crippen molar-refractivity contribution >= 4 is 28.6 Å². The van der Waals surface area contributed by atoms with Crippen molar-refractivity contribution in [2.45, 2.75) is 18.8 Å². The molecule has 84 valence electrons. The Balaban J connectivity index is 2.09. The zero-order chi connectivity index (χ0) is 11.4. The Morgan fingerprint density at radius 3 is 2.75 bits per heavy atom. The topological polar surface area (TPSA) is 12.0 Å². The highest BCUT2D eigenvalue weighted by Gasteiger charge is 2.06. The second-order valence-corrected chi connectivity index (χ2v) is 5.32. The molecule has 1 nitrogen and oxygen atoms in total. The van der Waals surface area contributed by atoms with Crippen LogP contribution in [0.5, 0.6) is 0 Å².